The Hall–Kier alpha value is -2.82. The lowest BCUT2D eigenvalue weighted by atomic mass is 10.1. The molecule has 0 spiro atoms. The maximum absolute atomic E-state index is 5.70. The minimum Gasteiger partial charge on any atom is -0.497 e. The second kappa shape index (κ2) is 6.52. The zero-order valence-corrected chi connectivity index (χ0v) is 13.5. The number of aryl methyl sites for hydroxylation is 2. The molecule has 0 bridgehead atoms. The van der Waals surface area contributed by atoms with Crippen molar-refractivity contribution in [1.82, 2.24) is 10.2 Å². The summed E-state index contributed by atoms with van der Waals surface area (Å²) in [6.45, 7) is 4.67. The molecule has 5 nitrogen and oxygen atoms in total. The second-order valence-corrected chi connectivity index (χ2v) is 5.39. The molecule has 0 fully saturated rings. The number of hydrogen-bond acceptors (Lipinski definition) is 5. The van der Waals surface area contributed by atoms with Gasteiger partial charge in [-0.2, -0.15) is 0 Å². The lowest BCUT2D eigenvalue weighted by Crippen LogP contribution is -2.00. The van der Waals surface area contributed by atoms with Gasteiger partial charge in [0.25, 0.3) is 0 Å². The molecule has 3 rings (SSSR count). The summed E-state index contributed by atoms with van der Waals surface area (Å²) >= 11 is 0. The number of rotatable bonds is 5. The van der Waals surface area contributed by atoms with E-state index in [2.05, 4.69) is 41.5 Å². The van der Waals surface area contributed by atoms with Crippen molar-refractivity contribution in [2.45, 2.75) is 20.4 Å². The molecule has 0 saturated carbocycles. The van der Waals surface area contributed by atoms with Gasteiger partial charge in [-0.05, 0) is 55.3 Å². The van der Waals surface area contributed by atoms with Gasteiger partial charge in [0.1, 0.15) is 5.75 Å². The monoisotopic (exact) mass is 309 g/mol. The Balaban J connectivity index is 1.70. The lowest BCUT2D eigenvalue weighted by Gasteiger charge is -2.06. The van der Waals surface area contributed by atoms with Gasteiger partial charge >= 0.3 is 0 Å². The molecule has 1 heterocycles. The molecule has 0 unspecified atom stereocenters. The van der Waals surface area contributed by atoms with E-state index in [1.807, 2.05) is 30.3 Å². The van der Waals surface area contributed by atoms with Gasteiger partial charge in [0, 0.05) is 11.3 Å². The van der Waals surface area contributed by atoms with Gasteiger partial charge < -0.3 is 14.5 Å². The summed E-state index contributed by atoms with van der Waals surface area (Å²) in [5.74, 6) is 1.79. The fourth-order valence-electron chi connectivity index (χ4n) is 2.23. The first-order valence-electron chi connectivity index (χ1n) is 7.43. The molecular weight excluding hydrogens is 290 g/mol. The molecule has 0 aliphatic carbocycles. The van der Waals surface area contributed by atoms with Gasteiger partial charge in [-0.25, -0.2) is 0 Å². The molecule has 0 aliphatic heterocycles. The zero-order valence-electron chi connectivity index (χ0n) is 13.5. The summed E-state index contributed by atoms with van der Waals surface area (Å²) in [5.41, 5.74) is 4.40. The molecule has 0 atom stereocenters. The molecule has 0 radical (unpaired) electrons. The number of methoxy groups -OCH3 is 1. The highest BCUT2D eigenvalue weighted by atomic mass is 16.5. The average molecular weight is 309 g/mol. The van der Waals surface area contributed by atoms with Crippen LogP contribution in [0, 0.1) is 13.8 Å². The largest absolute Gasteiger partial charge is 0.497 e. The Morgan fingerprint density at radius 2 is 1.91 bits per heavy atom. The van der Waals surface area contributed by atoms with Crippen LogP contribution in [0.25, 0.3) is 11.5 Å². The highest BCUT2D eigenvalue weighted by molar-refractivity contribution is 5.55. The SMILES string of the molecule is COc1cccc(-c2nnc(CNc3ccc(C)c(C)c3)o2)c1. The number of nitrogens with one attached hydrogen (secondary N) is 1. The summed E-state index contributed by atoms with van der Waals surface area (Å²) < 4.78 is 10.9. The molecule has 118 valence electrons. The third kappa shape index (κ3) is 3.51. The molecule has 0 aliphatic rings. The number of nitrogens with zero attached hydrogens (tertiary/aromatic N) is 2. The molecular formula is C18H19N3O2. The summed E-state index contributed by atoms with van der Waals surface area (Å²) in [7, 11) is 1.63. The molecule has 0 amide bonds. The minimum atomic E-state index is 0.486. The lowest BCUT2D eigenvalue weighted by molar-refractivity contribution is 0.414. The van der Waals surface area contributed by atoms with Crippen molar-refractivity contribution in [3.63, 3.8) is 0 Å². The highest BCUT2D eigenvalue weighted by Gasteiger charge is 2.09. The van der Waals surface area contributed by atoms with Crippen LogP contribution in [0.1, 0.15) is 17.0 Å². The highest BCUT2D eigenvalue weighted by Crippen LogP contribution is 2.23. The van der Waals surface area contributed by atoms with Crippen LogP contribution in [0.5, 0.6) is 5.75 Å². The Labute approximate surface area is 135 Å². The molecule has 2 aromatic carbocycles. The first-order chi connectivity index (χ1) is 11.2. The smallest absolute Gasteiger partial charge is 0.247 e. The predicted molar refractivity (Wildman–Crippen MR) is 89.5 cm³/mol. The van der Waals surface area contributed by atoms with Crippen LogP contribution in [0.2, 0.25) is 0 Å². The second-order valence-electron chi connectivity index (χ2n) is 5.39. The van der Waals surface area contributed by atoms with E-state index in [4.69, 9.17) is 9.15 Å². The molecule has 23 heavy (non-hydrogen) atoms. The molecule has 1 N–H and O–H groups in total. The summed E-state index contributed by atoms with van der Waals surface area (Å²) in [5, 5.41) is 11.5. The number of benzene rings is 2. The Bertz CT molecular complexity index is 812. The van der Waals surface area contributed by atoms with E-state index >= 15 is 0 Å². The predicted octanol–water partition coefficient (Wildman–Crippen LogP) is 3.97. The van der Waals surface area contributed by atoms with Crippen molar-refractivity contribution in [3.8, 4) is 17.2 Å². The topological polar surface area (TPSA) is 60.2 Å². The fourth-order valence-corrected chi connectivity index (χ4v) is 2.23. The summed E-state index contributed by atoms with van der Waals surface area (Å²) in [6, 6.07) is 13.8. The van der Waals surface area contributed by atoms with Crippen molar-refractivity contribution in [2.24, 2.45) is 0 Å². The Kier molecular flexibility index (Phi) is 4.28. The maximum Gasteiger partial charge on any atom is 0.247 e. The van der Waals surface area contributed by atoms with Crippen molar-refractivity contribution in [3.05, 3.63) is 59.5 Å². The van der Waals surface area contributed by atoms with E-state index in [1.54, 1.807) is 7.11 Å². The van der Waals surface area contributed by atoms with Gasteiger partial charge in [-0.15, -0.1) is 10.2 Å². The van der Waals surface area contributed by atoms with E-state index in [9.17, 15) is 0 Å². The zero-order chi connectivity index (χ0) is 16.2. The van der Waals surface area contributed by atoms with Gasteiger partial charge in [-0.3, -0.25) is 0 Å². The van der Waals surface area contributed by atoms with Crippen molar-refractivity contribution < 1.29 is 9.15 Å². The van der Waals surface area contributed by atoms with Gasteiger partial charge in [0.05, 0.1) is 13.7 Å². The van der Waals surface area contributed by atoms with Crippen LogP contribution < -0.4 is 10.1 Å². The van der Waals surface area contributed by atoms with Crippen LogP contribution in [-0.2, 0) is 6.54 Å². The number of aromatic nitrogens is 2. The van der Waals surface area contributed by atoms with E-state index < -0.39 is 0 Å². The third-order valence-corrected chi connectivity index (χ3v) is 3.73. The quantitative estimate of drug-likeness (QED) is 0.772. The van der Waals surface area contributed by atoms with Crippen LogP contribution >= 0.6 is 0 Å². The van der Waals surface area contributed by atoms with Crippen LogP contribution in [0.15, 0.2) is 46.9 Å². The van der Waals surface area contributed by atoms with Crippen molar-refractivity contribution >= 4 is 5.69 Å². The number of ether oxygens (including phenoxy) is 1. The van der Waals surface area contributed by atoms with E-state index in [0.29, 0.717) is 18.3 Å². The van der Waals surface area contributed by atoms with E-state index in [1.165, 1.54) is 11.1 Å². The summed E-state index contributed by atoms with van der Waals surface area (Å²) in [4.78, 5) is 0. The molecule has 1 aromatic heterocycles. The van der Waals surface area contributed by atoms with Crippen molar-refractivity contribution in [1.29, 1.82) is 0 Å². The Morgan fingerprint density at radius 1 is 1.04 bits per heavy atom. The minimum absolute atomic E-state index is 0.486. The van der Waals surface area contributed by atoms with E-state index in [-0.39, 0.29) is 0 Å². The van der Waals surface area contributed by atoms with Gasteiger partial charge in [-0.1, -0.05) is 12.1 Å². The van der Waals surface area contributed by atoms with Crippen LogP contribution in [0.3, 0.4) is 0 Å². The standard InChI is InChI=1S/C18H19N3O2/c1-12-7-8-15(9-13(12)2)19-11-17-20-21-18(23-17)14-5-4-6-16(10-14)22-3/h4-10,19H,11H2,1-3H3. The van der Waals surface area contributed by atoms with Crippen LogP contribution in [-0.4, -0.2) is 17.3 Å². The number of hydrogen-bond donors (Lipinski definition) is 1. The number of anilines is 1. The van der Waals surface area contributed by atoms with Gasteiger partial charge in [0.15, 0.2) is 0 Å². The third-order valence-electron chi connectivity index (χ3n) is 3.73. The van der Waals surface area contributed by atoms with Crippen LogP contribution in [0.4, 0.5) is 5.69 Å². The Morgan fingerprint density at radius 3 is 2.70 bits per heavy atom. The van der Waals surface area contributed by atoms with E-state index in [0.717, 1.165) is 17.0 Å². The maximum atomic E-state index is 5.70. The molecule has 3 aromatic rings. The first-order valence-corrected chi connectivity index (χ1v) is 7.43. The molecule has 5 heteroatoms. The fraction of sp³-hybridized carbons (Fsp3) is 0.222. The first kappa shape index (κ1) is 15.1. The normalized spacial score (nSPS) is 10.6. The average Bonchev–Trinajstić information content (AvgIpc) is 3.05. The van der Waals surface area contributed by atoms with Crippen molar-refractivity contribution in [2.75, 3.05) is 12.4 Å². The van der Waals surface area contributed by atoms with Gasteiger partial charge in [0.2, 0.25) is 11.8 Å². The summed E-state index contributed by atoms with van der Waals surface area (Å²) in [6.07, 6.45) is 0. The molecule has 0 saturated heterocycles.